The van der Waals surface area contributed by atoms with Crippen molar-refractivity contribution in [3.8, 4) is 0 Å². The molecule has 1 rings (SSSR count). The zero-order valence-electron chi connectivity index (χ0n) is 7.40. The fraction of sp³-hybridized carbons (Fsp3) is 0.333. The van der Waals surface area contributed by atoms with E-state index in [1.165, 1.54) is 0 Å². The Balaban J connectivity index is 2.49. The molecule has 13 heavy (non-hydrogen) atoms. The first-order chi connectivity index (χ1) is 6.20. The summed E-state index contributed by atoms with van der Waals surface area (Å²) in [4.78, 5) is 14.4. The normalized spacial score (nSPS) is 12.4. The Morgan fingerprint density at radius 2 is 2.46 bits per heavy atom. The third-order valence-electron chi connectivity index (χ3n) is 1.69. The Bertz CT molecular complexity index is 274. The van der Waals surface area contributed by atoms with Crippen molar-refractivity contribution < 1.29 is 9.90 Å². The molecule has 0 fully saturated rings. The molecule has 0 unspecified atom stereocenters. The summed E-state index contributed by atoms with van der Waals surface area (Å²) >= 11 is 0. The average Bonchev–Trinajstić information content (AvgIpc) is 2.15. The summed E-state index contributed by atoms with van der Waals surface area (Å²) in [6, 6.07) is 5.53. The first kappa shape index (κ1) is 9.67. The van der Waals surface area contributed by atoms with Crippen LogP contribution in [0.3, 0.4) is 0 Å². The number of hydrogen-bond donors (Lipinski definition) is 2. The van der Waals surface area contributed by atoms with Crippen LogP contribution in [-0.2, 0) is 4.79 Å². The molecule has 1 heterocycles. The molecule has 0 aromatic carbocycles. The van der Waals surface area contributed by atoms with Crippen LogP contribution in [0.1, 0.15) is 18.7 Å². The number of pyridine rings is 1. The summed E-state index contributed by atoms with van der Waals surface area (Å²) in [7, 11) is 0. The quantitative estimate of drug-likeness (QED) is 0.720. The number of carboxylic acid groups (broad SMARTS) is 1. The molecule has 2 N–H and O–H groups in total. The van der Waals surface area contributed by atoms with Gasteiger partial charge < -0.3 is 5.11 Å². The minimum absolute atomic E-state index is 0.0303. The SMILES string of the molecule is C[C@@H](NCC(=O)O)c1ccccn1. The maximum absolute atomic E-state index is 10.3. The van der Waals surface area contributed by atoms with Gasteiger partial charge in [0.25, 0.3) is 0 Å². The first-order valence-electron chi connectivity index (χ1n) is 4.06. The predicted molar refractivity (Wildman–Crippen MR) is 48.3 cm³/mol. The molecule has 0 amide bonds. The van der Waals surface area contributed by atoms with E-state index in [9.17, 15) is 4.79 Å². The third-order valence-corrected chi connectivity index (χ3v) is 1.69. The van der Waals surface area contributed by atoms with E-state index in [0.717, 1.165) is 5.69 Å². The number of hydrogen-bond acceptors (Lipinski definition) is 3. The number of carbonyl (C=O) groups is 1. The van der Waals surface area contributed by atoms with Crippen molar-refractivity contribution >= 4 is 5.97 Å². The fourth-order valence-corrected chi connectivity index (χ4v) is 0.977. The molecular weight excluding hydrogens is 168 g/mol. The van der Waals surface area contributed by atoms with Crippen molar-refractivity contribution in [2.75, 3.05) is 6.54 Å². The van der Waals surface area contributed by atoms with E-state index in [-0.39, 0.29) is 12.6 Å². The second-order valence-electron chi connectivity index (χ2n) is 2.75. The van der Waals surface area contributed by atoms with Crippen LogP contribution >= 0.6 is 0 Å². The lowest BCUT2D eigenvalue weighted by molar-refractivity contribution is -0.136. The van der Waals surface area contributed by atoms with Gasteiger partial charge in [-0.3, -0.25) is 15.1 Å². The summed E-state index contributed by atoms with van der Waals surface area (Å²) in [5, 5.41) is 11.3. The second-order valence-corrected chi connectivity index (χ2v) is 2.75. The molecule has 0 saturated heterocycles. The van der Waals surface area contributed by atoms with Gasteiger partial charge in [-0.25, -0.2) is 0 Å². The Kier molecular flexibility index (Phi) is 3.40. The highest BCUT2D eigenvalue weighted by Crippen LogP contribution is 2.06. The number of carboxylic acids is 1. The van der Waals surface area contributed by atoms with Crippen molar-refractivity contribution in [3.05, 3.63) is 30.1 Å². The topological polar surface area (TPSA) is 62.2 Å². The summed E-state index contributed by atoms with van der Waals surface area (Å²) < 4.78 is 0. The Morgan fingerprint density at radius 1 is 1.69 bits per heavy atom. The van der Waals surface area contributed by atoms with E-state index < -0.39 is 5.97 Å². The molecule has 1 atom stereocenters. The van der Waals surface area contributed by atoms with Crippen LogP contribution in [0.15, 0.2) is 24.4 Å². The van der Waals surface area contributed by atoms with Crippen molar-refractivity contribution in [1.29, 1.82) is 0 Å². The van der Waals surface area contributed by atoms with Crippen LogP contribution < -0.4 is 5.32 Å². The Labute approximate surface area is 76.6 Å². The summed E-state index contributed by atoms with van der Waals surface area (Å²) in [5.74, 6) is -0.859. The molecule has 0 saturated carbocycles. The molecular formula is C9H12N2O2. The van der Waals surface area contributed by atoms with Gasteiger partial charge in [0.05, 0.1) is 12.2 Å². The van der Waals surface area contributed by atoms with Crippen molar-refractivity contribution in [2.24, 2.45) is 0 Å². The van der Waals surface area contributed by atoms with Gasteiger partial charge in [0.15, 0.2) is 0 Å². The summed E-state index contributed by atoms with van der Waals surface area (Å²) in [6.07, 6.45) is 1.69. The summed E-state index contributed by atoms with van der Waals surface area (Å²) in [5.41, 5.74) is 0.851. The van der Waals surface area contributed by atoms with Gasteiger partial charge in [-0.2, -0.15) is 0 Å². The number of aliphatic carboxylic acids is 1. The molecule has 0 radical (unpaired) electrons. The second kappa shape index (κ2) is 4.57. The van der Waals surface area contributed by atoms with Gasteiger partial charge in [-0.15, -0.1) is 0 Å². The zero-order valence-corrected chi connectivity index (χ0v) is 7.40. The minimum atomic E-state index is -0.859. The number of nitrogens with one attached hydrogen (secondary N) is 1. The van der Waals surface area contributed by atoms with Crippen LogP contribution in [-0.4, -0.2) is 22.6 Å². The van der Waals surface area contributed by atoms with Gasteiger partial charge in [-0.05, 0) is 19.1 Å². The molecule has 4 heteroatoms. The van der Waals surface area contributed by atoms with Crippen LogP contribution in [0.5, 0.6) is 0 Å². The van der Waals surface area contributed by atoms with Crippen molar-refractivity contribution in [2.45, 2.75) is 13.0 Å². The molecule has 1 aromatic heterocycles. The average molecular weight is 180 g/mol. The molecule has 1 aromatic rings. The van der Waals surface area contributed by atoms with E-state index in [1.807, 2.05) is 25.1 Å². The van der Waals surface area contributed by atoms with Gasteiger partial charge >= 0.3 is 5.97 Å². The first-order valence-corrected chi connectivity index (χ1v) is 4.06. The maximum Gasteiger partial charge on any atom is 0.317 e. The number of rotatable bonds is 4. The summed E-state index contributed by atoms with van der Waals surface area (Å²) in [6.45, 7) is 1.84. The van der Waals surface area contributed by atoms with Crippen LogP contribution in [0.4, 0.5) is 0 Å². The standard InChI is InChI=1S/C9H12N2O2/c1-7(11-6-9(12)13)8-4-2-3-5-10-8/h2-5,7,11H,6H2,1H3,(H,12,13)/t7-/m1/s1. The van der Waals surface area contributed by atoms with Crippen LogP contribution in [0, 0.1) is 0 Å². The molecule has 4 nitrogen and oxygen atoms in total. The number of aromatic nitrogens is 1. The van der Waals surface area contributed by atoms with Crippen molar-refractivity contribution in [3.63, 3.8) is 0 Å². The highest BCUT2D eigenvalue weighted by atomic mass is 16.4. The molecule has 0 bridgehead atoms. The van der Waals surface area contributed by atoms with Crippen molar-refractivity contribution in [1.82, 2.24) is 10.3 Å². The fourth-order valence-electron chi connectivity index (χ4n) is 0.977. The highest BCUT2D eigenvalue weighted by molar-refractivity contribution is 5.69. The van der Waals surface area contributed by atoms with E-state index >= 15 is 0 Å². The van der Waals surface area contributed by atoms with E-state index in [2.05, 4.69) is 10.3 Å². The molecule has 0 aliphatic rings. The molecule has 70 valence electrons. The van der Waals surface area contributed by atoms with Gasteiger partial charge in [0, 0.05) is 12.2 Å². The molecule has 0 spiro atoms. The maximum atomic E-state index is 10.3. The largest absolute Gasteiger partial charge is 0.480 e. The van der Waals surface area contributed by atoms with Gasteiger partial charge in [0.2, 0.25) is 0 Å². The highest BCUT2D eigenvalue weighted by Gasteiger charge is 2.06. The van der Waals surface area contributed by atoms with Crippen LogP contribution in [0.25, 0.3) is 0 Å². The predicted octanol–water partition coefficient (Wildman–Crippen LogP) is 0.817. The van der Waals surface area contributed by atoms with E-state index in [4.69, 9.17) is 5.11 Å². The lowest BCUT2D eigenvalue weighted by atomic mass is 10.2. The van der Waals surface area contributed by atoms with Gasteiger partial charge in [-0.1, -0.05) is 6.07 Å². The van der Waals surface area contributed by atoms with Crippen LogP contribution in [0.2, 0.25) is 0 Å². The monoisotopic (exact) mass is 180 g/mol. The molecule has 0 aliphatic carbocycles. The zero-order chi connectivity index (χ0) is 9.68. The lowest BCUT2D eigenvalue weighted by Gasteiger charge is -2.10. The van der Waals surface area contributed by atoms with E-state index in [1.54, 1.807) is 6.20 Å². The van der Waals surface area contributed by atoms with E-state index in [0.29, 0.717) is 0 Å². The Hall–Kier alpha value is -1.42. The Morgan fingerprint density at radius 3 is 3.00 bits per heavy atom. The lowest BCUT2D eigenvalue weighted by Crippen LogP contribution is -2.26. The van der Waals surface area contributed by atoms with Gasteiger partial charge in [0.1, 0.15) is 0 Å². The minimum Gasteiger partial charge on any atom is -0.480 e. The molecule has 0 aliphatic heterocycles. The third kappa shape index (κ3) is 3.21. The smallest absolute Gasteiger partial charge is 0.317 e. The number of nitrogens with zero attached hydrogens (tertiary/aromatic N) is 1.